The van der Waals surface area contributed by atoms with Gasteiger partial charge in [-0.2, -0.15) is 0 Å². The van der Waals surface area contributed by atoms with Crippen molar-refractivity contribution in [1.82, 2.24) is 0 Å². The molecular formula is C8H13O. The topological polar surface area (TPSA) is 19.9 Å². The second-order valence-electron chi connectivity index (χ2n) is 2.56. The van der Waals surface area contributed by atoms with Crippen LogP contribution in [0.5, 0.6) is 0 Å². The molecular weight excluding hydrogens is 112 g/mol. The van der Waals surface area contributed by atoms with E-state index >= 15 is 0 Å². The molecule has 1 heteroatoms. The zero-order chi connectivity index (χ0) is 6.53. The largest absolute Gasteiger partial charge is 0.236 e. The molecule has 1 aliphatic rings. The fourth-order valence-electron chi connectivity index (χ4n) is 1.26. The van der Waals surface area contributed by atoms with Crippen molar-refractivity contribution in [2.75, 3.05) is 6.61 Å². The van der Waals surface area contributed by atoms with Crippen LogP contribution in [0.3, 0.4) is 0 Å². The third-order valence-electron chi connectivity index (χ3n) is 1.81. The van der Waals surface area contributed by atoms with Gasteiger partial charge in [-0.25, -0.2) is 5.11 Å². The first kappa shape index (κ1) is 6.81. The summed E-state index contributed by atoms with van der Waals surface area (Å²) in [6, 6.07) is 0. The Morgan fingerprint density at radius 2 is 2.33 bits per heavy atom. The summed E-state index contributed by atoms with van der Waals surface area (Å²) >= 11 is 0. The van der Waals surface area contributed by atoms with Gasteiger partial charge in [0, 0.05) is 0 Å². The molecule has 0 aromatic carbocycles. The maximum absolute atomic E-state index is 10.2. The van der Waals surface area contributed by atoms with E-state index in [1.54, 1.807) is 0 Å². The van der Waals surface area contributed by atoms with Gasteiger partial charge in [0.1, 0.15) is 0 Å². The highest BCUT2D eigenvalue weighted by Crippen LogP contribution is 2.19. The highest BCUT2D eigenvalue weighted by atomic mass is 16.2. The Morgan fingerprint density at radius 1 is 1.44 bits per heavy atom. The van der Waals surface area contributed by atoms with E-state index in [4.69, 9.17) is 0 Å². The van der Waals surface area contributed by atoms with E-state index in [2.05, 4.69) is 6.08 Å². The Labute approximate surface area is 56.4 Å². The highest BCUT2D eigenvalue weighted by molar-refractivity contribution is 5.04. The fourth-order valence-corrected chi connectivity index (χ4v) is 1.26. The third-order valence-corrected chi connectivity index (χ3v) is 1.81. The Bertz CT molecular complexity index is 105. The van der Waals surface area contributed by atoms with E-state index in [0.717, 1.165) is 6.42 Å². The van der Waals surface area contributed by atoms with Crippen molar-refractivity contribution in [2.24, 2.45) is 0 Å². The van der Waals surface area contributed by atoms with Crippen LogP contribution >= 0.6 is 0 Å². The van der Waals surface area contributed by atoms with Crippen molar-refractivity contribution >= 4 is 0 Å². The van der Waals surface area contributed by atoms with Crippen molar-refractivity contribution in [1.29, 1.82) is 0 Å². The molecule has 1 aliphatic carbocycles. The summed E-state index contributed by atoms with van der Waals surface area (Å²) in [6.45, 7) is 0.0752. The molecule has 0 aliphatic heterocycles. The molecule has 1 radical (unpaired) electrons. The number of allylic oxidation sites excluding steroid dienone is 1. The molecule has 0 fully saturated rings. The minimum atomic E-state index is 0.0752. The van der Waals surface area contributed by atoms with Gasteiger partial charge in [-0.1, -0.05) is 11.6 Å². The van der Waals surface area contributed by atoms with E-state index in [0.29, 0.717) is 0 Å². The normalized spacial score (nSPS) is 19.4. The van der Waals surface area contributed by atoms with Crippen molar-refractivity contribution in [2.45, 2.75) is 32.1 Å². The summed E-state index contributed by atoms with van der Waals surface area (Å²) in [5.74, 6) is 0. The van der Waals surface area contributed by atoms with E-state index < -0.39 is 0 Å². The van der Waals surface area contributed by atoms with Crippen LogP contribution in [0.15, 0.2) is 11.6 Å². The van der Waals surface area contributed by atoms with Gasteiger partial charge in [0.15, 0.2) is 0 Å². The second kappa shape index (κ2) is 3.67. The van der Waals surface area contributed by atoms with Crippen LogP contribution in [0.4, 0.5) is 0 Å². The predicted octanol–water partition coefficient (Wildman–Crippen LogP) is 2.31. The molecule has 0 amide bonds. The third kappa shape index (κ3) is 2.19. The van der Waals surface area contributed by atoms with E-state index in [-0.39, 0.29) is 6.61 Å². The molecule has 0 saturated heterocycles. The van der Waals surface area contributed by atoms with E-state index in [1.165, 1.54) is 31.3 Å². The molecule has 0 heterocycles. The molecule has 1 nitrogen and oxygen atoms in total. The first-order chi connectivity index (χ1) is 4.43. The van der Waals surface area contributed by atoms with E-state index in [9.17, 15) is 5.11 Å². The molecule has 0 spiro atoms. The van der Waals surface area contributed by atoms with Crippen molar-refractivity contribution < 1.29 is 5.11 Å². The molecule has 0 unspecified atom stereocenters. The summed E-state index contributed by atoms with van der Waals surface area (Å²) in [6.07, 6.45) is 8.03. The molecule has 0 saturated carbocycles. The van der Waals surface area contributed by atoms with Gasteiger partial charge in [0.05, 0.1) is 6.61 Å². The minimum Gasteiger partial charge on any atom is -0.236 e. The molecule has 0 atom stereocenters. The number of hydrogen-bond donors (Lipinski definition) is 0. The van der Waals surface area contributed by atoms with Gasteiger partial charge in [0.25, 0.3) is 0 Å². The van der Waals surface area contributed by atoms with Gasteiger partial charge >= 0.3 is 0 Å². The van der Waals surface area contributed by atoms with Crippen LogP contribution in [0, 0.1) is 0 Å². The molecule has 0 aromatic heterocycles. The maximum atomic E-state index is 10.2. The Morgan fingerprint density at radius 3 is 2.89 bits per heavy atom. The van der Waals surface area contributed by atoms with Gasteiger partial charge in [-0.15, -0.1) is 0 Å². The SMILES string of the molecule is [O]CCC1=CCCCC1. The lowest BCUT2D eigenvalue weighted by Crippen LogP contribution is -1.93. The molecule has 1 rings (SSSR count). The van der Waals surface area contributed by atoms with Crippen LogP contribution in [0.25, 0.3) is 0 Å². The first-order valence-electron chi connectivity index (χ1n) is 3.69. The number of hydrogen-bond acceptors (Lipinski definition) is 0. The lowest BCUT2D eigenvalue weighted by atomic mass is 9.98. The second-order valence-corrected chi connectivity index (χ2v) is 2.56. The van der Waals surface area contributed by atoms with Crippen molar-refractivity contribution in [3.8, 4) is 0 Å². The average molecular weight is 125 g/mol. The Kier molecular flexibility index (Phi) is 2.78. The summed E-state index contributed by atoms with van der Waals surface area (Å²) in [5.41, 5.74) is 1.40. The van der Waals surface area contributed by atoms with Crippen LogP contribution in [0.2, 0.25) is 0 Å². The smallest absolute Gasteiger partial charge is 0.0859 e. The van der Waals surface area contributed by atoms with Crippen LogP contribution < -0.4 is 0 Å². The Hall–Kier alpha value is -0.300. The summed E-state index contributed by atoms with van der Waals surface area (Å²) in [4.78, 5) is 0. The standard InChI is InChI=1S/C8H13O/c9-7-6-8-4-2-1-3-5-8/h4H,1-3,5-7H2. The van der Waals surface area contributed by atoms with Gasteiger partial charge < -0.3 is 0 Å². The van der Waals surface area contributed by atoms with E-state index in [1.807, 2.05) is 0 Å². The van der Waals surface area contributed by atoms with Crippen molar-refractivity contribution in [3.05, 3.63) is 11.6 Å². The van der Waals surface area contributed by atoms with Gasteiger partial charge in [-0.05, 0) is 32.1 Å². The number of rotatable bonds is 2. The molecule has 0 N–H and O–H groups in total. The molecule has 9 heavy (non-hydrogen) atoms. The quantitative estimate of drug-likeness (QED) is 0.505. The minimum absolute atomic E-state index is 0.0752. The van der Waals surface area contributed by atoms with Crippen LogP contribution in [-0.4, -0.2) is 6.61 Å². The lowest BCUT2D eigenvalue weighted by Gasteiger charge is -2.09. The predicted molar refractivity (Wildman–Crippen MR) is 36.7 cm³/mol. The zero-order valence-corrected chi connectivity index (χ0v) is 5.73. The molecule has 0 bridgehead atoms. The zero-order valence-electron chi connectivity index (χ0n) is 5.73. The summed E-state index contributed by atoms with van der Waals surface area (Å²) in [5, 5.41) is 10.2. The van der Waals surface area contributed by atoms with Crippen LogP contribution in [-0.2, 0) is 5.11 Å². The van der Waals surface area contributed by atoms with Gasteiger partial charge in [-0.3, -0.25) is 0 Å². The summed E-state index contributed by atoms with van der Waals surface area (Å²) in [7, 11) is 0. The molecule has 51 valence electrons. The van der Waals surface area contributed by atoms with Crippen molar-refractivity contribution in [3.63, 3.8) is 0 Å². The average Bonchev–Trinajstić information content (AvgIpc) is 1.91. The highest BCUT2D eigenvalue weighted by Gasteiger charge is 2.01. The van der Waals surface area contributed by atoms with Gasteiger partial charge in [0.2, 0.25) is 0 Å². The Balaban J connectivity index is 2.28. The lowest BCUT2D eigenvalue weighted by molar-refractivity contribution is 0.195. The van der Waals surface area contributed by atoms with Crippen LogP contribution in [0.1, 0.15) is 32.1 Å². The summed E-state index contributed by atoms with van der Waals surface area (Å²) < 4.78 is 0. The maximum Gasteiger partial charge on any atom is 0.0859 e. The fraction of sp³-hybridized carbons (Fsp3) is 0.750. The molecule has 0 aromatic rings. The monoisotopic (exact) mass is 125 g/mol. The first-order valence-corrected chi connectivity index (χ1v) is 3.69.